The number of fused-ring (bicyclic) bond motifs is 2. The van der Waals surface area contributed by atoms with Gasteiger partial charge in [0.15, 0.2) is 5.78 Å². The predicted molar refractivity (Wildman–Crippen MR) is 93.4 cm³/mol. The summed E-state index contributed by atoms with van der Waals surface area (Å²) in [6.45, 7) is 5.41. The minimum absolute atomic E-state index is 0.0833. The quantitative estimate of drug-likeness (QED) is 0.670. The topological polar surface area (TPSA) is 46.6 Å². The Morgan fingerprint density at radius 3 is 2.19 bits per heavy atom. The van der Waals surface area contributed by atoms with Crippen LogP contribution >= 0.6 is 0 Å². The van der Waals surface area contributed by atoms with Crippen molar-refractivity contribution in [1.82, 2.24) is 4.90 Å². The van der Waals surface area contributed by atoms with Crippen molar-refractivity contribution in [2.45, 2.75) is 70.3 Å². The van der Waals surface area contributed by atoms with Crippen LogP contribution in [0.2, 0.25) is 0 Å². The van der Waals surface area contributed by atoms with Crippen LogP contribution in [0.3, 0.4) is 0 Å². The molecule has 2 bridgehead atoms. The van der Waals surface area contributed by atoms with Gasteiger partial charge in [-0.3, -0.25) is 4.79 Å². The number of carbonyl (C=O) groups is 2. The van der Waals surface area contributed by atoms with E-state index >= 15 is 0 Å². The molecule has 0 aromatic heterocycles. The first-order valence-corrected chi connectivity index (χ1v) is 9.18. The summed E-state index contributed by atoms with van der Waals surface area (Å²) in [6.07, 6.45) is -2.35. The molecule has 0 aliphatic carbocycles. The Hall–Kier alpha value is -2.05. The average molecular weight is 383 g/mol. The number of rotatable bonds is 2. The van der Waals surface area contributed by atoms with Gasteiger partial charge in [-0.05, 0) is 58.6 Å². The minimum atomic E-state index is -4.48. The third kappa shape index (κ3) is 4.28. The normalized spacial score (nSPS) is 25.4. The molecule has 2 unspecified atom stereocenters. The number of carbonyl (C=O) groups excluding carboxylic acids is 2. The largest absolute Gasteiger partial charge is 0.444 e. The van der Waals surface area contributed by atoms with E-state index in [0.717, 1.165) is 25.0 Å². The fourth-order valence-electron chi connectivity index (χ4n) is 4.09. The SMILES string of the molecule is CC(C)(C)OC(=O)N1C2CCC1CC(C(=O)c1cccc(C(F)(F)F)c1)C2. The monoisotopic (exact) mass is 383 g/mol. The average Bonchev–Trinajstić information content (AvgIpc) is 2.82. The van der Waals surface area contributed by atoms with Crippen molar-refractivity contribution in [3.8, 4) is 0 Å². The van der Waals surface area contributed by atoms with Gasteiger partial charge in [-0.2, -0.15) is 13.2 Å². The first-order valence-electron chi connectivity index (χ1n) is 9.18. The van der Waals surface area contributed by atoms with E-state index in [4.69, 9.17) is 4.74 Å². The number of Topliss-reactive ketones (excluding diaryl/α,β-unsaturated/α-hetero) is 1. The van der Waals surface area contributed by atoms with Crippen molar-refractivity contribution in [2.24, 2.45) is 5.92 Å². The number of halogens is 3. The highest BCUT2D eigenvalue weighted by Crippen LogP contribution is 2.41. The summed E-state index contributed by atoms with van der Waals surface area (Å²) >= 11 is 0. The van der Waals surface area contributed by atoms with Crippen LogP contribution in [-0.4, -0.2) is 34.5 Å². The lowest BCUT2D eigenvalue weighted by Crippen LogP contribution is -2.49. The number of ether oxygens (including phenoxy) is 1. The van der Waals surface area contributed by atoms with Crippen molar-refractivity contribution in [2.75, 3.05) is 0 Å². The molecule has 2 heterocycles. The molecule has 1 amide bonds. The molecule has 4 nitrogen and oxygen atoms in total. The molecule has 0 spiro atoms. The van der Waals surface area contributed by atoms with Crippen LogP contribution in [0.4, 0.5) is 18.0 Å². The van der Waals surface area contributed by atoms with E-state index in [9.17, 15) is 22.8 Å². The van der Waals surface area contributed by atoms with Gasteiger partial charge >= 0.3 is 12.3 Å². The van der Waals surface area contributed by atoms with Gasteiger partial charge < -0.3 is 9.64 Å². The zero-order valence-corrected chi connectivity index (χ0v) is 15.7. The molecule has 2 aliphatic rings. The van der Waals surface area contributed by atoms with Crippen LogP contribution in [0.5, 0.6) is 0 Å². The molecule has 2 aliphatic heterocycles. The molecule has 148 valence electrons. The van der Waals surface area contributed by atoms with Crippen molar-refractivity contribution in [3.63, 3.8) is 0 Å². The number of amides is 1. The number of nitrogens with zero attached hydrogens (tertiary/aromatic N) is 1. The number of benzene rings is 1. The molecule has 0 saturated carbocycles. The van der Waals surface area contributed by atoms with Crippen LogP contribution < -0.4 is 0 Å². The molecular formula is C20H24F3NO3. The molecule has 2 atom stereocenters. The lowest BCUT2D eigenvalue weighted by Gasteiger charge is -2.39. The Kier molecular flexibility index (Phi) is 4.99. The number of hydrogen-bond acceptors (Lipinski definition) is 3. The lowest BCUT2D eigenvalue weighted by atomic mass is 9.84. The van der Waals surface area contributed by atoms with Gasteiger partial charge in [0.2, 0.25) is 0 Å². The van der Waals surface area contributed by atoms with Crippen molar-refractivity contribution in [3.05, 3.63) is 35.4 Å². The third-order valence-electron chi connectivity index (χ3n) is 5.18. The molecule has 2 saturated heterocycles. The van der Waals surface area contributed by atoms with Crippen molar-refractivity contribution in [1.29, 1.82) is 0 Å². The lowest BCUT2D eigenvalue weighted by molar-refractivity contribution is -0.137. The maximum atomic E-state index is 12.9. The molecule has 0 radical (unpaired) electrons. The summed E-state index contributed by atoms with van der Waals surface area (Å²) in [5.74, 6) is -0.647. The molecular weight excluding hydrogens is 359 g/mol. The van der Waals surface area contributed by atoms with Crippen LogP contribution in [0, 0.1) is 5.92 Å². The summed E-state index contributed by atoms with van der Waals surface area (Å²) in [6, 6.07) is 4.38. The first-order chi connectivity index (χ1) is 12.5. The van der Waals surface area contributed by atoms with Gasteiger partial charge in [-0.1, -0.05) is 12.1 Å². The molecule has 3 rings (SSSR count). The van der Waals surface area contributed by atoms with Crippen molar-refractivity contribution < 1.29 is 27.5 Å². The number of alkyl halides is 3. The summed E-state index contributed by atoms with van der Waals surface area (Å²) in [4.78, 5) is 27.0. The predicted octanol–water partition coefficient (Wildman–Crippen LogP) is 5.07. The Morgan fingerprint density at radius 2 is 1.67 bits per heavy atom. The number of hydrogen-bond donors (Lipinski definition) is 0. The zero-order chi connectivity index (χ0) is 20.0. The highest BCUT2D eigenvalue weighted by Gasteiger charge is 2.46. The van der Waals surface area contributed by atoms with E-state index in [2.05, 4.69) is 0 Å². The number of piperidine rings is 1. The fraction of sp³-hybridized carbons (Fsp3) is 0.600. The minimum Gasteiger partial charge on any atom is -0.444 e. The third-order valence-corrected chi connectivity index (χ3v) is 5.18. The molecule has 2 fully saturated rings. The second-order valence-electron chi connectivity index (χ2n) is 8.38. The van der Waals surface area contributed by atoms with Gasteiger partial charge in [0, 0.05) is 23.6 Å². The van der Waals surface area contributed by atoms with E-state index in [1.54, 1.807) is 25.7 Å². The van der Waals surface area contributed by atoms with Gasteiger partial charge in [0.25, 0.3) is 0 Å². The summed E-state index contributed by atoms with van der Waals surface area (Å²) in [5.41, 5.74) is -1.33. The second kappa shape index (κ2) is 6.84. The Balaban J connectivity index is 1.73. The van der Waals surface area contributed by atoms with E-state index in [1.165, 1.54) is 12.1 Å². The van der Waals surface area contributed by atoms with E-state index in [0.29, 0.717) is 12.8 Å². The van der Waals surface area contributed by atoms with Gasteiger partial charge in [0.1, 0.15) is 5.60 Å². The van der Waals surface area contributed by atoms with Gasteiger partial charge in [-0.25, -0.2) is 4.79 Å². The Morgan fingerprint density at radius 1 is 1.07 bits per heavy atom. The molecule has 7 heteroatoms. The van der Waals surface area contributed by atoms with Gasteiger partial charge in [0.05, 0.1) is 5.56 Å². The van der Waals surface area contributed by atoms with Crippen LogP contribution in [-0.2, 0) is 10.9 Å². The zero-order valence-electron chi connectivity index (χ0n) is 15.7. The standard InChI is InChI=1S/C20H24F3NO3/c1-19(2,3)27-18(26)24-15-7-8-16(24)11-13(10-15)17(25)12-5-4-6-14(9-12)20(21,22)23/h4-6,9,13,15-16H,7-8,10-11H2,1-3H3. The molecule has 1 aromatic rings. The van der Waals surface area contributed by atoms with Crippen LogP contribution in [0.1, 0.15) is 62.4 Å². The fourth-order valence-corrected chi connectivity index (χ4v) is 4.09. The first kappa shape index (κ1) is 19.7. The molecule has 0 N–H and O–H groups in total. The highest BCUT2D eigenvalue weighted by atomic mass is 19.4. The summed E-state index contributed by atoms with van der Waals surface area (Å²) in [5, 5.41) is 0. The Labute approximate surface area is 156 Å². The maximum absolute atomic E-state index is 12.9. The highest BCUT2D eigenvalue weighted by molar-refractivity contribution is 5.98. The van der Waals surface area contributed by atoms with E-state index in [1.807, 2.05) is 0 Å². The summed E-state index contributed by atoms with van der Waals surface area (Å²) in [7, 11) is 0. The Bertz CT molecular complexity index is 725. The maximum Gasteiger partial charge on any atom is 0.416 e. The van der Waals surface area contributed by atoms with Crippen LogP contribution in [0.15, 0.2) is 24.3 Å². The molecule has 1 aromatic carbocycles. The second-order valence-corrected chi connectivity index (χ2v) is 8.38. The van der Waals surface area contributed by atoms with Gasteiger partial charge in [-0.15, -0.1) is 0 Å². The van der Waals surface area contributed by atoms with Crippen LogP contribution in [0.25, 0.3) is 0 Å². The molecule has 27 heavy (non-hydrogen) atoms. The number of ketones is 1. The summed E-state index contributed by atoms with van der Waals surface area (Å²) < 4.78 is 44.2. The smallest absolute Gasteiger partial charge is 0.416 e. The van der Waals surface area contributed by atoms with Crippen molar-refractivity contribution >= 4 is 11.9 Å². The van der Waals surface area contributed by atoms with E-state index in [-0.39, 0.29) is 35.4 Å². The van der Waals surface area contributed by atoms with E-state index < -0.39 is 17.3 Å².